The van der Waals surface area contributed by atoms with Crippen molar-refractivity contribution >= 4 is 10.0 Å². The first kappa shape index (κ1) is 15.5. The average Bonchev–Trinajstić information content (AvgIpc) is 3.05. The van der Waals surface area contributed by atoms with E-state index in [4.69, 9.17) is 10.5 Å². The third-order valence-electron chi connectivity index (χ3n) is 3.57. The van der Waals surface area contributed by atoms with Gasteiger partial charge in [-0.2, -0.15) is 0 Å². The molecule has 1 saturated heterocycles. The van der Waals surface area contributed by atoms with Gasteiger partial charge in [-0.1, -0.05) is 0 Å². The lowest BCUT2D eigenvalue weighted by Crippen LogP contribution is -2.29. The average molecular weight is 301 g/mol. The number of aromatic nitrogens is 1. The van der Waals surface area contributed by atoms with Crippen LogP contribution in [0.1, 0.15) is 32.0 Å². The molecule has 1 atom stereocenters. The second kappa shape index (κ2) is 6.26. The molecule has 1 aliphatic heterocycles. The number of hydrogen-bond donors (Lipinski definition) is 2. The molecule has 0 bridgehead atoms. The van der Waals surface area contributed by atoms with E-state index in [2.05, 4.69) is 4.72 Å². The fourth-order valence-corrected chi connectivity index (χ4v) is 3.51. The van der Waals surface area contributed by atoms with E-state index in [1.807, 2.05) is 18.4 Å². The molecule has 1 aromatic heterocycles. The topological polar surface area (TPSA) is 86.3 Å². The fourth-order valence-electron chi connectivity index (χ4n) is 2.34. The Morgan fingerprint density at radius 1 is 1.55 bits per heavy atom. The van der Waals surface area contributed by atoms with Gasteiger partial charge in [0.05, 0.1) is 11.5 Å². The van der Waals surface area contributed by atoms with Gasteiger partial charge in [0.2, 0.25) is 10.0 Å². The monoisotopic (exact) mass is 301 g/mol. The Hall–Kier alpha value is -0.890. The lowest BCUT2D eigenvalue weighted by Gasteiger charge is -2.11. The Morgan fingerprint density at radius 3 is 2.80 bits per heavy atom. The largest absolute Gasteiger partial charge is 0.381 e. The number of rotatable bonds is 6. The molecule has 7 heteroatoms. The van der Waals surface area contributed by atoms with Crippen molar-refractivity contribution in [3.05, 3.63) is 18.0 Å². The van der Waals surface area contributed by atoms with Gasteiger partial charge >= 0.3 is 0 Å². The van der Waals surface area contributed by atoms with Gasteiger partial charge in [-0.15, -0.1) is 0 Å². The Kier molecular flexibility index (Phi) is 4.85. The van der Waals surface area contributed by atoms with E-state index >= 15 is 0 Å². The number of nitrogens with zero attached hydrogens (tertiary/aromatic N) is 1. The van der Waals surface area contributed by atoms with Crippen LogP contribution in [0.2, 0.25) is 0 Å². The molecule has 114 valence electrons. The summed E-state index contributed by atoms with van der Waals surface area (Å²) in [4.78, 5) is 0.283. The lowest BCUT2D eigenvalue weighted by molar-refractivity contribution is 0.186. The summed E-state index contributed by atoms with van der Waals surface area (Å²) in [6, 6.07) is 1.83. The van der Waals surface area contributed by atoms with Crippen molar-refractivity contribution in [1.82, 2.24) is 9.29 Å². The molecule has 2 heterocycles. The van der Waals surface area contributed by atoms with Crippen molar-refractivity contribution in [2.75, 3.05) is 19.8 Å². The van der Waals surface area contributed by atoms with Crippen LogP contribution >= 0.6 is 0 Å². The van der Waals surface area contributed by atoms with Crippen LogP contribution in [-0.2, 0) is 21.3 Å². The standard InChI is InChI=1S/C13H23N3O3S/c1-10(2)16-8-13(5-12(16)6-14)20(17,18)15-7-11-3-4-19-9-11/h5,8,10-11,15H,3-4,6-7,9,14H2,1-2H3. The summed E-state index contributed by atoms with van der Waals surface area (Å²) in [7, 11) is -3.47. The van der Waals surface area contributed by atoms with E-state index in [0.717, 1.165) is 12.1 Å². The summed E-state index contributed by atoms with van der Waals surface area (Å²) >= 11 is 0. The summed E-state index contributed by atoms with van der Waals surface area (Å²) < 4.78 is 34.4. The molecule has 1 aromatic rings. The van der Waals surface area contributed by atoms with E-state index in [-0.39, 0.29) is 16.9 Å². The molecule has 3 N–H and O–H groups in total. The highest BCUT2D eigenvalue weighted by Gasteiger charge is 2.22. The van der Waals surface area contributed by atoms with Crippen LogP contribution in [0.25, 0.3) is 0 Å². The van der Waals surface area contributed by atoms with Crippen LogP contribution < -0.4 is 10.5 Å². The molecule has 0 aromatic carbocycles. The highest BCUT2D eigenvalue weighted by atomic mass is 32.2. The van der Waals surface area contributed by atoms with E-state index in [9.17, 15) is 8.42 Å². The molecule has 0 spiro atoms. The van der Waals surface area contributed by atoms with Crippen molar-refractivity contribution in [2.24, 2.45) is 11.7 Å². The molecule has 2 rings (SSSR count). The first-order chi connectivity index (χ1) is 9.44. The number of hydrogen-bond acceptors (Lipinski definition) is 4. The van der Waals surface area contributed by atoms with E-state index in [0.29, 0.717) is 26.3 Å². The Labute approximate surface area is 120 Å². The van der Waals surface area contributed by atoms with Gasteiger partial charge in [0.1, 0.15) is 0 Å². The fraction of sp³-hybridized carbons (Fsp3) is 0.692. The summed E-state index contributed by atoms with van der Waals surface area (Å²) in [5, 5.41) is 0. The van der Waals surface area contributed by atoms with Gasteiger partial charge in [-0.3, -0.25) is 0 Å². The zero-order valence-electron chi connectivity index (χ0n) is 12.0. The molecular weight excluding hydrogens is 278 g/mol. The van der Waals surface area contributed by atoms with Crippen LogP contribution in [-0.4, -0.2) is 32.7 Å². The number of nitrogens with one attached hydrogen (secondary N) is 1. The molecule has 0 amide bonds. The number of ether oxygens (including phenoxy) is 1. The number of sulfonamides is 1. The van der Waals surface area contributed by atoms with Crippen LogP contribution in [0, 0.1) is 5.92 Å². The van der Waals surface area contributed by atoms with Gasteiger partial charge in [-0.05, 0) is 32.3 Å². The van der Waals surface area contributed by atoms with E-state index < -0.39 is 10.0 Å². The summed E-state index contributed by atoms with van der Waals surface area (Å²) in [6.07, 6.45) is 2.56. The third kappa shape index (κ3) is 3.41. The molecule has 0 aliphatic carbocycles. The molecular formula is C13H23N3O3S. The summed E-state index contributed by atoms with van der Waals surface area (Å²) in [5.41, 5.74) is 6.49. The predicted molar refractivity (Wildman–Crippen MR) is 76.8 cm³/mol. The van der Waals surface area contributed by atoms with Crippen molar-refractivity contribution in [3.63, 3.8) is 0 Å². The van der Waals surface area contributed by atoms with Crippen LogP contribution in [0.5, 0.6) is 0 Å². The second-order valence-electron chi connectivity index (χ2n) is 5.45. The van der Waals surface area contributed by atoms with Gasteiger partial charge in [0.15, 0.2) is 0 Å². The van der Waals surface area contributed by atoms with Gasteiger partial charge < -0.3 is 15.0 Å². The Bertz CT molecular complexity index is 545. The smallest absolute Gasteiger partial charge is 0.242 e. The van der Waals surface area contributed by atoms with E-state index in [1.54, 1.807) is 12.3 Å². The Morgan fingerprint density at radius 2 is 2.30 bits per heavy atom. The normalized spacial score (nSPS) is 19.9. The first-order valence-electron chi connectivity index (χ1n) is 6.92. The SMILES string of the molecule is CC(C)n1cc(S(=O)(=O)NCC2CCOC2)cc1CN. The minimum absolute atomic E-state index is 0.181. The van der Waals surface area contributed by atoms with Gasteiger partial charge in [0, 0.05) is 37.6 Å². The summed E-state index contributed by atoms with van der Waals surface area (Å²) in [6.45, 7) is 6.09. The molecule has 1 fully saturated rings. The van der Waals surface area contributed by atoms with Gasteiger partial charge in [-0.25, -0.2) is 13.1 Å². The molecule has 0 saturated carbocycles. The van der Waals surface area contributed by atoms with Crippen molar-refractivity contribution in [1.29, 1.82) is 0 Å². The first-order valence-corrected chi connectivity index (χ1v) is 8.40. The maximum Gasteiger partial charge on any atom is 0.242 e. The molecule has 0 radical (unpaired) electrons. The van der Waals surface area contributed by atoms with E-state index in [1.165, 1.54) is 0 Å². The zero-order valence-corrected chi connectivity index (χ0v) is 12.8. The maximum atomic E-state index is 12.3. The second-order valence-corrected chi connectivity index (χ2v) is 7.22. The summed E-state index contributed by atoms with van der Waals surface area (Å²) in [5.74, 6) is 0.269. The van der Waals surface area contributed by atoms with Crippen molar-refractivity contribution < 1.29 is 13.2 Å². The van der Waals surface area contributed by atoms with Crippen molar-refractivity contribution in [2.45, 2.75) is 37.8 Å². The van der Waals surface area contributed by atoms with Crippen LogP contribution in [0.15, 0.2) is 17.2 Å². The van der Waals surface area contributed by atoms with Crippen LogP contribution in [0.4, 0.5) is 0 Å². The highest BCUT2D eigenvalue weighted by Crippen LogP contribution is 2.19. The molecule has 1 unspecified atom stereocenters. The third-order valence-corrected chi connectivity index (χ3v) is 4.96. The lowest BCUT2D eigenvalue weighted by atomic mass is 10.1. The zero-order chi connectivity index (χ0) is 14.8. The quantitative estimate of drug-likeness (QED) is 0.815. The Balaban J connectivity index is 2.12. The predicted octanol–water partition coefficient (Wildman–Crippen LogP) is 0.842. The highest BCUT2D eigenvalue weighted by molar-refractivity contribution is 7.89. The minimum Gasteiger partial charge on any atom is -0.381 e. The minimum atomic E-state index is -3.47. The maximum absolute atomic E-state index is 12.3. The van der Waals surface area contributed by atoms with Crippen LogP contribution in [0.3, 0.4) is 0 Å². The van der Waals surface area contributed by atoms with Gasteiger partial charge in [0.25, 0.3) is 0 Å². The number of nitrogens with two attached hydrogens (primary N) is 1. The van der Waals surface area contributed by atoms with Crippen molar-refractivity contribution in [3.8, 4) is 0 Å². The molecule has 1 aliphatic rings. The molecule has 6 nitrogen and oxygen atoms in total. The molecule has 20 heavy (non-hydrogen) atoms.